The minimum atomic E-state index is -0.381. The molecule has 1 aromatic rings. The molecule has 3 heteroatoms. The van der Waals surface area contributed by atoms with Crippen LogP contribution >= 0.6 is 11.6 Å². The number of hydrogen-bond donors (Lipinski definition) is 1. The molecule has 0 heterocycles. The Kier molecular flexibility index (Phi) is 3.93. The van der Waals surface area contributed by atoms with Crippen LogP contribution < -0.4 is 5.32 Å². The molecular formula is C10H11ClFN. The Morgan fingerprint density at radius 2 is 2.31 bits per heavy atom. The van der Waals surface area contributed by atoms with Gasteiger partial charge in [-0.15, -0.1) is 0 Å². The van der Waals surface area contributed by atoms with Gasteiger partial charge in [0.05, 0.1) is 5.02 Å². The summed E-state index contributed by atoms with van der Waals surface area (Å²) in [4.78, 5) is 0. The smallest absolute Gasteiger partial charge is 0.142 e. The fourth-order valence-corrected chi connectivity index (χ4v) is 1.14. The summed E-state index contributed by atoms with van der Waals surface area (Å²) in [6.45, 7) is 0.743. The molecule has 0 saturated carbocycles. The van der Waals surface area contributed by atoms with E-state index in [4.69, 9.17) is 11.6 Å². The fraction of sp³-hybridized carbons (Fsp3) is 0.200. The second kappa shape index (κ2) is 5.00. The largest absolute Gasteiger partial charge is 0.316 e. The van der Waals surface area contributed by atoms with Crippen molar-refractivity contribution in [3.05, 3.63) is 40.7 Å². The lowest BCUT2D eigenvalue weighted by atomic mass is 10.2. The first-order valence-corrected chi connectivity index (χ1v) is 4.38. The van der Waals surface area contributed by atoms with Crippen LogP contribution in [0.4, 0.5) is 4.39 Å². The topological polar surface area (TPSA) is 12.0 Å². The van der Waals surface area contributed by atoms with Crippen molar-refractivity contribution in [1.82, 2.24) is 5.32 Å². The summed E-state index contributed by atoms with van der Waals surface area (Å²) in [5.74, 6) is -0.381. The summed E-state index contributed by atoms with van der Waals surface area (Å²) in [5.41, 5.74) is 0.705. The highest BCUT2D eigenvalue weighted by molar-refractivity contribution is 6.32. The Hall–Kier alpha value is -0.860. The van der Waals surface area contributed by atoms with Gasteiger partial charge in [0.1, 0.15) is 5.82 Å². The molecule has 0 saturated heterocycles. The van der Waals surface area contributed by atoms with Crippen molar-refractivity contribution in [3.63, 3.8) is 0 Å². The molecule has 0 amide bonds. The van der Waals surface area contributed by atoms with E-state index in [0.29, 0.717) is 5.56 Å². The van der Waals surface area contributed by atoms with Gasteiger partial charge in [0.15, 0.2) is 0 Å². The Balaban J connectivity index is 2.83. The first-order valence-electron chi connectivity index (χ1n) is 4.01. The third kappa shape index (κ3) is 2.83. The van der Waals surface area contributed by atoms with Gasteiger partial charge in [-0.1, -0.05) is 35.9 Å². The third-order valence-corrected chi connectivity index (χ3v) is 2.00. The average molecular weight is 200 g/mol. The highest BCUT2D eigenvalue weighted by atomic mass is 35.5. The number of rotatable bonds is 3. The van der Waals surface area contributed by atoms with E-state index < -0.39 is 0 Å². The summed E-state index contributed by atoms with van der Waals surface area (Å²) in [5, 5.41) is 3.12. The average Bonchev–Trinajstić information content (AvgIpc) is 2.13. The molecular weight excluding hydrogens is 189 g/mol. The van der Waals surface area contributed by atoms with Crippen LogP contribution in [-0.4, -0.2) is 13.6 Å². The van der Waals surface area contributed by atoms with Gasteiger partial charge < -0.3 is 5.32 Å². The number of hydrogen-bond acceptors (Lipinski definition) is 1. The second-order valence-electron chi connectivity index (χ2n) is 2.60. The quantitative estimate of drug-likeness (QED) is 0.790. The molecule has 0 aromatic heterocycles. The van der Waals surface area contributed by atoms with E-state index in [-0.39, 0.29) is 10.8 Å². The number of nitrogens with one attached hydrogen (secondary N) is 1. The third-order valence-electron chi connectivity index (χ3n) is 1.60. The molecule has 13 heavy (non-hydrogen) atoms. The standard InChI is InChI=1S/C10H11ClFN/c1-13-7-3-5-8-4-2-6-9(12)10(8)11/h2-6,13H,7H2,1H3. The normalized spacial score (nSPS) is 11.0. The van der Waals surface area contributed by atoms with Crippen molar-refractivity contribution < 1.29 is 4.39 Å². The molecule has 1 aromatic carbocycles. The summed E-state index contributed by atoms with van der Waals surface area (Å²) < 4.78 is 12.9. The first kappa shape index (κ1) is 10.2. The number of halogens is 2. The zero-order chi connectivity index (χ0) is 9.68. The van der Waals surface area contributed by atoms with Crippen LogP contribution in [0.25, 0.3) is 6.08 Å². The molecule has 70 valence electrons. The summed E-state index contributed by atoms with van der Waals surface area (Å²) in [6, 6.07) is 4.76. The molecule has 0 bridgehead atoms. The zero-order valence-corrected chi connectivity index (χ0v) is 8.11. The van der Waals surface area contributed by atoms with E-state index in [2.05, 4.69) is 5.32 Å². The van der Waals surface area contributed by atoms with Gasteiger partial charge in [0, 0.05) is 6.54 Å². The van der Waals surface area contributed by atoms with E-state index in [1.807, 2.05) is 13.1 Å². The van der Waals surface area contributed by atoms with Gasteiger partial charge in [0.25, 0.3) is 0 Å². The summed E-state index contributed by atoms with van der Waals surface area (Å²) in [7, 11) is 1.84. The molecule has 0 fully saturated rings. The summed E-state index contributed by atoms with van der Waals surface area (Å²) in [6.07, 6.45) is 3.68. The van der Waals surface area contributed by atoms with Crippen molar-refractivity contribution in [2.75, 3.05) is 13.6 Å². The van der Waals surface area contributed by atoms with Crippen molar-refractivity contribution in [1.29, 1.82) is 0 Å². The van der Waals surface area contributed by atoms with Gasteiger partial charge in [-0.25, -0.2) is 4.39 Å². The van der Waals surface area contributed by atoms with Crippen LogP contribution in [0.5, 0.6) is 0 Å². The molecule has 1 rings (SSSR count). The highest BCUT2D eigenvalue weighted by Gasteiger charge is 2.01. The van der Waals surface area contributed by atoms with Crippen LogP contribution in [-0.2, 0) is 0 Å². The minimum Gasteiger partial charge on any atom is -0.316 e. The molecule has 0 aliphatic carbocycles. The van der Waals surface area contributed by atoms with Gasteiger partial charge in [-0.05, 0) is 18.7 Å². The second-order valence-corrected chi connectivity index (χ2v) is 2.98. The molecule has 0 spiro atoms. The SMILES string of the molecule is CNCC=Cc1cccc(F)c1Cl. The fourth-order valence-electron chi connectivity index (χ4n) is 0.953. The van der Waals surface area contributed by atoms with Crippen molar-refractivity contribution >= 4 is 17.7 Å². The van der Waals surface area contributed by atoms with Crippen LogP contribution in [0.15, 0.2) is 24.3 Å². The van der Waals surface area contributed by atoms with Gasteiger partial charge >= 0.3 is 0 Å². The molecule has 0 aliphatic rings. The lowest BCUT2D eigenvalue weighted by molar-refractivity contribution is 0.628. The lowest BCUT2D eigenvalue weighted by Gasteiger charge is -1.98. The molecule has 0 atom stereocenters. The van der Waals surface area contributed by atoms with Gasteiger partial charge in [-0.3, -0.25) is 0 Å². The van der Waals surface area contributed by atoms with Crippen LogP contribution in [0.1, 0.15) is 5.56 Å². The maximum atomic E-state index is 12.9. The van der Waals surface area contributed by atoms with E-state index in [9.17, 15) is 4.39 Å². The Morgan fingerprint density at radius 3 is 3.00 bits per heavy atom. The van der Waals surface area contributed by atoms with E-state index in [1.54, 1.807) is 18.2 Å². The Labute approximate surface area is 82.2 Å². The van der Waals surface area contributed by atoms with Crippen molar-refractivity contribution in [2.24, 2.45) is 0 Å². The van der Waals surface area contributed by atoms with E-state index in [1.165, 1.54) is 6.07 Å². The first-order chi connectivity index (χ1) is 6.25. The van der Waals surface area contributed by atoms with Crippen molar-refractivity contribution in [2.45, 2.75) is 0 Å². The van der Waals surface area contributed by atoms with E-state index >= 15 is 0 Å². The summed E-state index contributed by atoms with van der Waals surface area (Å²) >= 11 is 5.73. The predicted octanol–water partition coefficient (Wildman–Crippen LogP) is 2.71. The molecule has 1 nitrogen and oxygen atoms in total. The van der Waals surface area contributed by atoms with Crippen LogP contribution in [0.3, 0.4) is 0 Å². The number of benzene rings is 1. The van der Waals surface area contributed by atoms with Crippen LogP contribution in [0.2, 0.25) is 5.02 Å². The molecule has 0 radical (unpaired) electrons. The number of likely N-dealkylation sites (N-methyl/N-ethyl adjacent to an activating group) is 1. The Bertz CT molecular complexity index is 310. The monoisotopic (exact) mass is 199 g/mol. The molecule has 0 aliphatic heterocycles. The van der Waals surface area contributed by atoms with Gasteiger partial charge in [-0.2, -0.15) is 0 Å². The van der Waals surface area contributed by atoms with Crippen LogP contribution in [0, 0.1) is 5.82 Å². The molecule has 0 unspecified atom stereocenters. The molecule has 1 N–H and O–H groups in total. The van der Waals surface area contributed by atoms with Crippen molar-refractivity contribution in [3.8, 4) is 0 Å². The maximum Gasteiger partial charge on any atom is 0.142 e. The zero-order valence-electron chi connectivity index (χ0n) is 7.35. The lowest BCUT2D eigenvalue weighted by Crippen LogP contribution is -2.03. The van der Waals surface area contributed by atoms with Gasteiger partial charge in [0.2, 0.25) is 0 Å². The minimum absolute atomic E-state index is 0.176. The highest BCUT2D eigenvalue weighted by Crippen LogP contribution is 2.20. The van der Waals surface area contributed by atoms with E-state index in [0.717, 1.165) is 6.54 Å². The maximum absolute atomic E-state index is 12.9. The predicted molar refractivity (Wildman–Crippen MR) is 54.4 cm³/mol. The Morgan fingerprint density at radius 1 is 1.54 bits per heavy atom.